The van der Waals surface area contributed by atoms with E-state index in [1.54, 1.807) is 11.3 Å². The van der Waals surface area contributed by atoms with Gasteiger partial charge in [0, 0.05) is 13.2 Å². The Morgan fingerprint density at radius 2 is 2.55 bits per heavy atom. The molecule has 1 aromatic heterocycles. The van der Waals surface area contributed by atoms with E-state index in [-0.39, 0.29) is 0 Å². The highest BCUT2D eigenvalue weighted by atomic mass is 32.1. The Kier molecular flexibility index (Phi) is 1.35. The van der Waals surface area contributed by atoms with E-state index in [1.807, 2.05) is 19.3 Å². The van der Waals surface area contributed by atoms with Crippen molar-refractivity contribution in [3.63, 3.8) is 0 Å². The van der Waals surface area contributed by atoms with Crippen LogP contribution in [-0.2, 0) is 6.54 Å². The molecule has 1 aliphatic rings. The zero-order valence-electron chi connectivity index (χ0n) is 6.24. The van der Waals surface area contributed by atoms with Gasteiger partial charge >= 0.3 is 0 Å². The molecule has 2 rings (SSSR count). The third kappa shape index (κ3) is 1.09. The SMILES string of the molecule is CN1C=Cc2sc(N)nc2C1. The summed E-state index contributed by atoms with van der Waals surface area (Å²) in [6.45, 7) is 0.875. The zero-order chi connectivity index (χ0) is 7.84. The first-order valence-electron chi connectivity index (χ1n) is 3.39. The van der Waals surface area contributed by atoms with Gasteiger partial charge in [0.15, 0.2) is 5.13 Å². The highest BCUT2D eigenvalue weighted by Crippen LogP contribution is 2.25. The van der Waals surface area contributed by atoms with Crippen LogP contribution in [0.25, 0.3) is 6.08 Å². The van der Waals surface area contributed by atoms with Crippen LogP contribution in [0.4, 0.5) is 5.13 Å². The lowest BCUT2D eigenvalue weighted by atomic mass is 10.3. The van der Waals surface area contributed by atoms with Crippen molar-refractivity contribution in [2.24, 2.45) is 0 Å². The number of thiazole rings is 1. The van der Waals surface area contributed by atoms with E-state index >= 15 is 0 Å². The summed E-state index contributed by atoms with van der Waals surface area (Å²) in [5, 5.41) is 0.662. The van der Waals surface area contributed by atoms with Crippen LogP contribution < -0.4 is 5.73 Å². The molecule has 58 valence electrons. The van der Waals surface area contributed by atoms with Gasteiger partial charge in [0.05, 0.1) is 17.1 Å². The third-order valence-corrected chi connectivity index (χ3v) is 2.52. The van der Waals surface area contributed by atoms with Crippen molar-refractivity contribution < 1.29 is 0 Å². The maximum Gasteiger partial charge on any atom is 0.180 e. The number of aromatic nitrogens is 1. The quantitative estimate of drug-likeness (QED) is 0.630. The first-order chi connectivity index (χ1) is 5.25. The standard InChI is InChI=1S/C7H9N3S/c1-10-3-2-6-5(4-10)9-7(8)11-6/h2-3H,4H2,1H3,(H2,8,9). The average Bonchev–Trinajstić information content (AvgIpc) is 2.27. The van der Waals surface area contributed by atoms with Gasteiger partial charge in [-0.2, -0.15) is 0 Å². The molecule has 0 unspecified atom stereocenters. The molecule has 2 heterocycles. The van der Waals surface area contributed by atoms with Crippen molar-refractivity contribution in [3.05, 3.63) is 16.8 Å². The Morgan fingerprint density at radius 1 is 1.73 bits per heavy atom. The zero-order valence-corrected chi connectivity index (χ0v) is 7.06. The summed E-state index contributed by atoms with van der Waals surface area (Å²) in [7, 11) is 2.02. The first kappa shape index (κ1) is 6.67. The van der Waals surface area contributed by atoms with Crippen molar-refractivity contribution in [2.45, 2.75) is 6.54 Å². The van der Waals surface area contributed by atoms with Crippen molar-refractivity contribution >= 4 is 22.5 Å². The summed E-state index contributed by atoms with van der Waals surface area (Å²) in [6, 6.07) is 0. The molecule has 1 aromatic rings. The summed E-state index contributed by atoms with van der Waals surface area (Å²) < 4.78 is 0. The molecule has 0 aliphatic carbocycles. The highest BCUT2D eigenvalue weighted by Gasteiger charge is 2.11. The van der Waals surface area contributed by atoms with Gasteiger partial charge in [0.1, 0.15) is 0 Å². The van der Waals surface area contributed by atoms with Crippen LogP contribution in [0.5, 0.6) is 0 Å². The molecule has 0 spiro atoms. The van der Waals surface area contributed by atoms with Crippen molar-refractivity contribution in [1.29, 1.82) is 0 Å². The molecule has 0 aromatic carbocycles. The van der Waals surface area contributed by atoms with E-state index in [0.29, 0.717) is 5.13 Å². The molecule has 3 nitrogen and oxygen atoms in total. The molecule has 1 aliphatic heterocycles. The lowest BCUT2D eigenvalue weighted by Gasteiger charge is -2.15. The lowest BCUT2D eigenvalue weighted by molar-refractivity contribution is 0.442. The lowest BCUT2D eigenvalue weighted by Crippen LogP contribution is -2.13. The van der Waals surface area contributed by atoms with Gasteiger partial charge in [0.25, 0.3) is 0 Å². The van der Waals surface area contributed by atoms with E-state index in [4.69, 9.17) is 5.73 Å². The molecule has 2 N–H and O–H groups in total. The summed E-state index contributed by atoms with van der Waals surface area (Å²) in [6.07, 6.45) is 4.09. The number of nitrogen functional groups attached to an aromatic ring is 1. The number of rotatable bonds is 0. The molecular weight excluding hydrogens is 158 g/mol. The second-order valence-electron chi connectivity index (χ2n) is 2.59. The number of anilines is 1. The summed E-state index contributed by atoms with van der Waals surface area (Å²) in [5.41, 5.74) is 6.65. The number of fused-ring (bicyclic) bond motifs is 1. The van der Waals surface area contributed by atoms with Gasteiger partial charge in [-0.3, -0.25) is 0 Å². The van der Waals surface area contributed by atoms with Gasteiger partial charge in [-0.1, -0.05) is 11.3 Å². The fourth-order valence-corrected chi connectivity index (χ4v) is 1.85. The first-order valence-corrected chi connectivity index (χ1v) is 4.21. The average molecular weight is 167 g/mol. The fraction of sp³-hybridized carbons (Fsp3) is 0.286. The Bertz CT molecular complexity index is 303. The summed E-state index contributed by atoms with van der Waals surface area (Å²) in [5.74, 6) is 0. The molecule has 11 heavy (non-hydrogen) atoms. The maximum atomic E-state index is 5.56. The molecule has 0 saturated heterocycles. The second-order valence-corrected chi connectivity index (χ2v) is 3.66. The smallest absolute Gasteiger partial charge is 0.180 e. The van der Waals surface area contributed by atoms with E-state index < -0.39 is 0 Å². The van der Waals surface area contributed by atoms with Crippen LogP contribution in [0.2, 0.25) is 0 Å². The van der Waals surface area contributed by atoms with Gasteiger partial charge in [0.2, 0.25) is 0 Å². The van der Waals surface area contributed by atoms with Gasteiger partial charge in [-0.25, -0.2) is 4.98 Å². The van der Waals surface area contributed by atoms with Crippen molar-refractivity contribution in [2.75, 3.05) is 12.8 Å². The van der Waals surface area contributed by atoms with Crippen LogP contribution >= 0.6 is 11.3 Å². The minimum absolute atomic E-state index is 0.662. The van der Waals surface area contributed by atoms with E-state index in [0.717, 1.165) is 12.2 Å². The van der Waals surface area contributed by atoms with Crippen LogP contribution in [0.3, 0.4) is 0 Å². The maximum absolute atomic E-state index is 5.56. The van der Waals surface area contributed by atoms with Crippen LogP contribution in [0, 0.1) is 0 Å². The summed E-state index contributed by atoms with van der Waals surface area (Å²) in [4.78, 5) is 7.48. The topological polar surface area (TPSA) is 42.1 Å². The van der Waals surface area contributed by atoms with Crippen molar-refractivity contribution in [3.8, 4) is 0 Å². The molecule has 0 amide bonds. The molecule has 0 saturated carbocycles. The monoisotopic (exact) mass is 167 g/mol. The summed E-state index contributed by atoms with van der Waals surface area (Å²) >= 11 is 1.55. The molecule has 0 fully saturated rings. The van der Waals surface area contributed by atoms with Crippen LogP contribution in [0.15, 0.2) is 6.20 Å². The molecule has 0 radical (unpaired) electrons. The molecule has 0 atom stereocenters. The minimum Gasteiger partial charge on any atom is -0.375 e. The number of nitrogens with two attached hydrogens (primary N) is 1. The number of hydrogen-bond acceptors (Lipinski definition) is 4. The van der Waals surface area contributed by atoms with E-state index in [9.17, 15) is 0 Å². The third-order valence-electron chi connectivity index (χ3n) is 1.62. The van der Waals surface area contributed by atoms with Gasteiger partial charge in [-0.15, -0.1) is 0 Å². The highest BCUT2D eigenvalue weighted by molar-refractivity contribution is 7.16. The fourth-order valence-electron chi connectivity index (χ4n) is 1.11. The van der Waals surface area contributed by atoms with Gasteiger partial charge in [-0.05, 0) is 6.08 Å². The Hall–Kier alpha value is -1.03. The Morgan fingerprint density at radius 3 is 3.36 bits per heavy atom. The number of nitrogens with zero attached hydrogens (tertiary/aromatic N) is 2. The van der Waals surface area contributed by atoms with Crippen molar-refractivity contribution in [1.82, 2.24) is 9.88 Å². The second kappa shape index (κ2) is 2.23. The normalized spacial score (nSPS) is 15.2. The van der Waals surface area contributed by atoms with E-state index in [2.05, 4.69) is 9.88 Å². The molecule has 0 bridgehead atoms. The minimum atomic E-state index is 0.662. The molecular formula is C7H9N3S. The van der Waals surface area contributed by atoms with Gasteiger partial charge < -0.3 is 10.6 Å². The van der Waals surface area contributed by atoms with Crippen LogP contribution in [0.1, 0.15) is 10.6 Å². The van der Waals surface area contributed by atoms with Crippen LogP contribution in [-0.4, -0.2) is 16.9 Å². The number of hydrogen-bond donors (Lipinski definition) is 1. The largest absolute Gasteiger partial charge is 0.375 e. The predicted octanol–water partition coefficient (Wildman–Crippen LogP) is 1.14. The van der Waals surface area contributed by atoms with E-state index in [1.165, 1.54) is 4.88 Å². The Labute approximate surface area is 69.2 Å². The molecule has 4 heteroatoms. The Balaban J connectivity index is 2.44. The predicted molar refractivity (Wildman–Crippen MR) is 47.0 cm³/mol.